The molecule has 1 saturated carbocycles. The Kier molecular flexibility index (Phi) is 4.46. The third-order valence-electron chi connectivity index (χ3n) is 3.44. The number of nitrogens with two attached hydrogens (primary N) is 1. The Morgan fingerprint density at radius 1 is 1.45 bits per heavy atom. The van der Waals surface area contributed by atoms with Crippen LogP contribution in [0.1, 0.15) is 32.3 Å². The maximum absolute atomic E-state index is 12.8. The smallest absolute Gasteiger partial charge is 0.243 e. The molecule has 0 saturated heterocycles. The Morgan fingerprint density at radius 3 is 2.60 bits per heavy atom. The fraction of sp³-hybridized carbons (Fsp3) is 0.500. The molecule has 0 unspecified atom stereocenters. The zero-order valence-corrected chi connectivity index (χ0v) is 13.4. The molecule has 0 heterocycles. The highest BCUT2D eigenvalue weighted by Gasteiger charge is 2.33. The van der Waals surface area contributed by atoms with Crippen LogP contribution in [0.25, 0.3) is 0 Å². The molecule has 1 aliphatic carbocycles. The van der Waals surface area contributed by atoms with Crippen molar-refractivity contribution in [2.45, 2.75) is 37.6 Å². The summed E-state index contributed by atoms with van der Waals surface area (Å²) < 4.78 is 27.1. The molecule has 0 spiro atoms. The van der Waals surface area contributed by atoms with E-state index in [1.807, 2.05) is 13.8 Å². The maximum atomic E-state index is 12.8. The van der Waals surface area contributed by atoms with Crippen LogP contribution in [0, 0.1) is 5.92 Å². The van der Waals surface area contributed by atoms with Gasteiger partial charge in [-0.15, -0.1) is 0 Å². The van der Waals surface area contributed by atoms with E-state index in [2.05, 4.69) is 0 Å². The highest BCUT2D eigenvalue weighted by molar-refractivity contribution is 7.89. The van der Waals surface area contributed by atoms with Crippen LogP contribution in [0.5, 0.6) is 0 Å². The molecule has 2 N–H and O–H groups in total. The molecule has 0 aliphatic heterocycles. The fourth-order valence-electron chi connectivity index (χ4n) is 2.09. The Morgan fingerprint density at radius 2 is 2.10 bits per heavy atom. The van der Waals surface area contributed by atoms with Gasteiger partial charge in [0.15, 0.2) is 0 Å². The van der Waals surface area contributed by atoms with Crippen molar-refractivity contribution in [1.82, 2.24) is 4.31 Å². The molecule has 1 aliphatic rings. The first kappa shape index (κ1) is 15.4. The van der Waals surface area contributed by atoms with Crippen LogP contribution >= 0.6 is 12.2 Å². The standard InChI is InChI=1S/C14H20N2O2S2/c1-10(2)16(9-11-6-7-11)20(17,18)13-5-3-4-12(8-13)14(15)19/h3-5,8,10-11H,6-7,9H2,1-2H3,(H2,15,19). The van der Waals surface area contributed by atoms with Crippen LogP contribution < -0.4 is 5.73 Å². The number of sulfonamides is 1. The average molecular weight is 312 g/mol. The lowest BCUT2D eigenvalue weighted by atomic mass is 10.2. The molecule has 6 heteroatoms. The van der Waals surface area contributed by atoms with Crippen molar-refractivity contribution in [2.24, 2.45) is 11.7 Å². The lowest BCUT2D eigenvalue weighted by molar-refractivity contribution is 0.342. The second-order valence-electron chi connectivity index (χ2n) is 5.50. The summed E-state index contributed by atoms with van der Waals surface area (Å²) in [5, 5.41) is 0. The van der Waals surface area contributed by atoms with Gasteiger partial charge in [-0.05, 0) is 44.7 Å². The zero-order chi connectivity index (χ0) is 14.9. The molecule has 4 nitrogen and oxygen atoms in total. The van der Waals surface area contributed by atoms with Crippen LogP contribution in [0.4, 0.5) is 0 Å². The molecular weight excluding hydrogens is 292 g/mol. The second-order valence-corrected chi connectivity index (χ2v) is 7.83. The average Bonchev–Trinajstić information content (AvgIpc) is 3.19. The number of rotatable bonds is 6. The number of hydrogen-bond acceptors (Lipinski definition) is 3. The van der Waals surface area contributed by atoms with Gasteiger partial charge in [0, 0.05) is 18.2 Å². The van der Waals surface area contributed by atoms with Gasteiger partial charge in [0.1, 0.15) is 4.99 Å². The van der Waals surface area contributed by atoms with Crippen molar-refractivity contribution in [3.63, 3.8) is 0 Å². The van der Waals surface area contributed by atoms with E-state index >= 15 is 0 Å². The molecule has 0 amide bonds. The predicted octanol–water partition coefficient (Wildman–Crippen LogP) is 2.13. The minimum Gasteiger partial charge on any atom is -0.389 e. The maximum Gasteiger partial charge on any atom is 0.243 e. The number of nitrogens with zero attached hydrogens (tertiary/aromatic N) is 1. The number of benzene rings is 1. The van der Waals surface area contributed by atoms with E-state index in [0.717, 1.165) is 12.8 Å². The van der Waals surface area contributed by atoms with E-state index in [9.17, 15) is 8.42 Å². The molecule has 0 bridgehead atoms. The summed E-state index contributed by atoms with van der Waals surface area (Å²) in [6, 6.07) is 6.49. The van der Waals surface area contributed by atoms with Gasteiger partial charge < -0.3 is 5.73 Å². The topological polar surface area (TPSA) is 63.4 Å². The lowest BCUT2D eigenvalue weighted by Crippen LogP contribution is -2.38. The summed E-state index contributed by atoms with van der Waals surface area (Å²) in [4.78, 5) is 0.470. The van der Waals surface area contributed by atoms with Crippen LogP contribution in [-0.4, -0.2) is 30.3 Å². The second kappa shape index (κ2) is 5.79. The van der Waals surface area contributed by atoms with Gasteiger partial charge in [-0.1, -0.05) is 24.4 Å². The van der Waals surface area contributed by atoms with Crippen molar-refractivity contribution < 1.29 is 8.42 Å². The normalized spacial score (nSPS) is 15.8. The molecule has 2 rings (SSSR count). The zero-order valence-electron chi connectivity index (χ0n) is 11.7. The van der Waals surface area contributed by atoms with Crippen molar-refractivity contribution in [3.05, 3.63) is 29.8 Å². The van der Waals surface area contributed by atoms with E-state index in [0.29, 0.717) is 18.0 Å². The van der Waals surface area contributed by atoms with Crippen LogP contribution in [0.3, 0.4) is 0 Å². The Hall–Kier alpha value is -0.980. The summed E-state index contributed by atoms with van der Waals surface area (Å²) in [5.74, 6) is 0.506. The molecule has 0 atom stereocenters. The van der Waals surface area contributed by atoms with Gasteiger partial charge >= 0.3 is 0 Å². The van der Waals surface area contributed by atoms with Crippen LogP contribution in [0.15, 0.2) is 29.2 Å². The van der Waals surface area contributed by atoms with E-state index in [4.69, 9.17) is 18.0 Å². The van der Waals surface area contributed by atoms with Crippen LogP contribution in [0.2, 0.25) is 0 Å². The molecule has 1 aromatic carbocycles. The van der Waals surface area contributed by atoms with Gasteiger partial charge in [-0.2, -0.15) is 4.31 Å². The lowest BCUT2D eigenvalue weighted by Gasteiger charge is -2.26. The summed E-state index contributed by atoms with van der Waals surface area (Å²) >= 11 is 4.91. The molecule has 1 fully saturated rings. The third-order valence-corrected chi connectivity index (χ3v) is 5.71. The Bertz CT molecular complexity index is 607. The highest BCUT2D eigenvalue weighted by atomic mass is 32.2. The first-order valence-corrected chi connectivity index (χ1v) is 8.59. The number of hydrogen-bond donors (Lipinski definition) is 1. The minimum atomic E-state index is -3.49. The van der Waals surface area contributed by atoms with Crippen molar-refractivity contribution in [2.75, 3.05) is 6.54 Å². The highest BCUT2D eigenvalue weighted by Crippen LogP contribution is 2.32. The van der Waals surface area contributed by atoms with Crippen molar-refractivity contribution in [3.8, 4) is 0 Å². The van der Waals surface area contributed by atoms with Gasteiger partial charge in [0.25, 0.3) is 0 Å². The minimum absolute atomic E-state index is 0.0610. The number of thiocarbonyl (C=S) groups is 1. The van der Waals surface area contributed by atoms with Crippen molar-refractivity contribution in [1.29, 1.82) is 0 Å². The van der Waals surface area contributed by atoms with Gasteiger partial charge in [-0.25, -0.2) is 8.42 Å². The quantitative estimate of drug-likeness (QED) is 0.817. The monoisotopic (exact) mass is 312 g/mol. The van der Waals surface area contributed by atoms with E-state index < -0.39 is 10.0 Å². The largest absolute Gasteiger partial charge is 0.389 e. The van der Waals surface area contributed by atoms with Gasteiger partial charge in [0.2, 0.25) is 10.0 Å². The van der Waals surface area contributed by atoms with Crippen molar-refractivity contribution >= 4 is 27.2 Å². The predicted molar refractivity (Wildman–Crippen MR) is 84.1 cm³/mol. The first-order chi connectivity index (χ1) is 9.32. The SMILES string of the molecule is CC(C)N(CC1CC1)S(=O)(=O)c1cccc(C(N)=S)c1. The molecular formula is C14H20N2O2S2. The van der Waals surface area contributed by atoms with E-state index in [-0.39, 0.29) is 15.9 Å². The third kappa shape index (κ3) is 3.37. The molecule has 1 aromatic rings. The molecule has 0 radical (unpaired) electrons. The Labute approximate surface area is 126 Å². The summed E-state index contributed by atoms with van der Waals surface area (Å²) in [6.07, 6.45) is 2.23. The van der Waals surface area contributed by atoms with Crippen LogP contribution in [-0.2, 0) is 10.0 Å². The molecule has 0 aromatic heterocycles. The fourth-order valence-corrected chi connectivity index (χ4v) is 3.97. The summed E-state index contributed by atoms with van der Waals surface area (Å²) in [5.41, 5.74) is 6.16. The van der Waals surface area contributed by atoms with E-state index in [1.54, 1.807) is 28.6 Å². The van der Waals surface area contributed by atoms with Gasteiger partial charge in [0.05, 0.1) is 4.90 Å². The first-order valence-electron chi connectivity index (χ1n) is 6.74. The Balaban J connectivity index is 2.36. The summed E-state index contributed by atoms with van der Waals surface area (Å²) in [7, 11) is -3.49. The van der Waals surface area contributed by atoms with E-state index in [1.165, 1.54) is 0 Å². The van der Waals surface area contributed by atoms with Gasteiger partial charge in [-0.3, -0.25) is 0 Å². The molecule has 110 valence electrons. The summed E-state index contributed by atoms with van der Waals surface area (Å²) in [6.45, 7) is 4.39. The molecule has 20 heavy (non-hydrogen) atoms.